The van der Waals surface area contributed by atoms with Crippen LogP contribution in [0, 0.1) is 16.7 Å². The Hall–Kier alpha value is -1.35. The minimum absolute atomic E-state index is 0.0882. The molecule has 0 aliphatic heterocycles. The number of benzene rings is 1. The summed E-state index contributed by atoms with van der Waals surface area (Å²) < 4.78 is 0. The van der Waals surface area contributed by atoms with Gasteiger partial charge >= 0.3 is 0 Å². The molecule has 1 amide bonds. The second-order valence-corrected chi connectivity index (χ2v) is 7.20. The van der Waals surface area contributed by atoms with Crippen LogP contribution in [0.15, 0.2) is 24.3 Å². The largest absolute Gasteiger partial charge is 0.338 e. The van der Waals surface area contributed by atoms with Crippen molar-refractivity contribution in [2.24, 2.45) is 22.5 Å². The predicted molar refractivity (Wildman–Crippen MR) is 86.5 cm³/mol. The first-order chi connectivity index (χ1) is 9.77. The average Bonchev–Trinajstić information content (AvgIpc) is 2.85. The van der Waals surface area contributed by atoms with Gasteiger partial charge in [0.2, 0.25) is 5.91 Å². The van der Waals surface area contributed by atoms with Gasteiger partial charge in [0.05, 0.1) is 0 Å². The van der Waals surface area contributed by atoms with Crippen molar-refractivity contribution in [1.82, 2.24) is 4.90 Å². The highest BCUT2D eigenvalue weighted by Gasteiger charge is 2.68. The van der Waals surface area contributed by atoms with Gasteiger partial charge in [-0.05, 0) is 28.9 Å². The molecule has 1 aliphatic rings. The molecular formula is C18H28N2O. The Labute approximate surface area is 128 Å². The molecule has 0 bridgehead atoms. The van der Waals surface area contributed by atoms with Crippen molar-refractivity contribution in [3.8, 4) is 0 Å². The number of rotatable bonds is 5. The number of amides is 1. The lowest BCUT2D eigenvalue weighted by Crippen LogP contribution is -2.33. The maximum absolute atomic E-state index is 12.9. The van der Waals surface area contributed by atoms with E-state index in [9.17, 15) is 4.79 Å². The van der Waals surface area contributed by atoms with Gasteiger partial charge < -0.3 is 10.6 Å². The van der Waals surface area contributed by atoms with E-state index in [4.69, 9.17) is 5.73 Å². The van der Waals surface area contributed by atoms with Crippen LogP contribution in [-0.4, -0.2) is 17.4 Å². The third-order valence-electron chi connectivity index (χ3n) is 5.66. The quantitative estimate of drug-likeness (QED) is 0.904. The van der Waals surface area contributed by atoms with E-state index in [-0.39, 0.29) is 22.7 Å². The van der Waals surface area contributed by atoms with E-state index >= 15 is 0 Å². The van der Waals surface area contributed by atoms with Gasteiger partial charge in [0.25, 0.3) is 0 Å². The number of hydrogen-bond donors (Lipinski definition) is 1. The standard InChI is InChI=1S/C18H28N2O/c1-6-20(12-14-10-8-7-9-13(14)11-19)16(21)15-17(2,3)18(15,4)5/h7-10,15H,6,11-12,19H2,1-5H3. The van der Waals surface area contributed by atoms with Gasteiger partial charge in [0.1, 0.15) is 0 Å². The number of nitrogens with zero attached hydrogens (tertiary/aromatic N) is 1. The molecule has 116 valence electrons. The van der Waals surface area contributed by atoms with Crippen molar-refractivity contribution < 1.29 is 4.79 Å². The lowest BCUT2D eigenvalue weighted by atomic mass is 10.0. The van der Waals surface area contributed by atoms with Gasteiger partial charge in [-0.3, -0.25) is 4.79 Å². The van der Waals surface area contributed by atoms with Crippen LogP contribution >= 0.6 is 0 Å². The smallest absolute Gasteiger partial charge is 0.227 e. The van der Waals surface area contributed by atoms with Crippen LogP contribution in [0.1, 0.15) is 45.7 Å². The Bertz CT molecular complexity index is 520. The van der Waals surface area contributed by atoms with Gasteiger partial charge in [-0.25, -0.2) is 0 Å². The molecule has 2 N–H and O–H groups in total. The van der Waals surface area contributed by atoms with Crippen molar-refractivity contribution in [3.63, 3.8) is 0 Å². The topological polar surface area (TPSA) is 46.3 Å². The Balaban J connectivity index is 2.16. The van der Waals surface area contributed by atoms with E-state index in [1.807, 2.05) is 30.0 Å². The van der Waals surface area contributed by atoms with Gasteiger partial charge in [0.15, 0.2) is 0 Å². The molecule has 0 atom stereocenters. The zero-order valence-corrected chi connectivity index (χ0v) is 13.9. The zero-order chi connectivity index (χ0) is 15.8. The summed E-state index contributed by atoms with van der Waals surface area (Å²) in [5, 5.41) is 0. The molecule has 1 fully saturated rings. The summed E-state index contributed by atoms with van der Waals surface area (Å²) in [6.07, 6.45) is 0. The molecule has 0 heterocycles. The van der Waals surface area contributed by atoms with Crippen LogP contribution in [0.2, 0.25) is 0 Å². The Morgan fingerprint density at radius 1 is 1.14 bits per heavy atom. The maximum atomic E-state index is 12.9. The fourth-order valence-corrected chi connectivity index (χ4v) is 3.46. The highest BCUT2D eigenvalue weighted by molar-refractivity contribution is 5.84. The molecule has 21 heavy (non-hydrogen) atoms. The lowest BCUT2D eigenvalue weighted by Gasteiger charge is -2.23. The number of carbonyl (C=O) groups excluding carboxylic acids is 1. The molecule has 3 nitrogen and oxygen atoms in total. The third-order valence-corrected chi connectivity index (χ3v) is 5.66. The van der Waals surface area contributed by atoms with Gasteiger partial charge in [-0.2, -0.15) is 0 Å². The first-order valence-electron chi connectivity index (χ1n) is 7.83. The van der Waals surface area contributed by atoms with Crippen LogP contribution in [0.4, 0.5) is 0 Å². The Kier molecular flexibility index (Phi) is 4.16. The van der Waals surface area contributed by atoms with Crippen LogP contribution in [0.5, 0.6) is 0 Å². The van der Waals surface area contributed by atoms with E-state index in [0.717, 1.165) is 17.7 Å². The number of hydrogen-bond acceptors (Lipinski definition) is 2. The van der Waals surface area contributed by atoms with Crippen molar-refractivity contribution in [2.75, 3.05) is 6.54 Å². The average molecular weight is 288 g/mol. The van der Waals surface area contributed by atoms with E-state index < -0.39 is 0 Å². The molecule has 0 spiro atoms. The van der Waals surface area contributed by atoms with Gasteiger partial charge in [0, 0.05) is 25.6 Å². The fraction of sp³-hybridized carbons (Fsp3) is 0.611. The second kappa shape index (κ2) is 5.45. The van der Waals surface area contributed by atoms with Crippen molar-refractivity contribution >= 4 is 5.91 Å². The summed E-state index contributed by atoms with van der Waals surface area (Å²) in [5.41, 5.74) is 8.26. The fourth-order valence-electron chi connectivity index (χ4n) is 3.46. The van der Waals surface area contributed by atoms with Crippen LogP contribution in [0.3, 0.4) is 0 Å². The summed E-state index contributed by atoms with van der Waals surface area (Å²) in [6.45, 7) is 12.7. The summed E-state index contributed by atoms with van der Waals surface area (Å²) in [7, 11) is 0. The lowest BCUT2D eigenvalue weighted by molar-refractivity contribution is -0.134. The first kappa shape index (κ1) is 16.0. The van der Waals surface area contributed by atoms with Gasteiger partial charge in [-0.15, -0.1) is 0 Å². The number of carbonyl (C=O) groups is 1. The van der Waals surface area contributed by atoms with Crippen molar-refractivity contribution in [2.45, 2.75) is 47.7 Å². The Morgan fingerprint density at radius 2 is 1.67 bits per heavy atom. The van der Waals surface area contributed by atoms with E-state index in [1.165, 1.54) is 0 Å². The second-order valence-electron chi connectivity index (χ2n) is 7.20. The molecule has 1 aliphatic carbocycles. The highest BCUT2D eigenvalue weighted by atomic mass is 16.2. The van der Waals surface area contributed by atoms with Crippen molar-refractivity contribution in [3.05, 3.63) is 35.4 Å². The van der Waals surface area contributed by atoms with Crippen molar-refractivity contribution in [1.29, 1.82) is 0 Å². The zero-order valence-electron chi connectivity index (χ0n) is 13.9. The summed E-state index contributed by atoms with van der Waals surface area (Å²) in [6, 6.07) is 8.12. The van der Waals surface area contributed by atoms with E-state index in [1.54, 1.807) is 0 Å². The summed E-state index contributed by atoms with van der Waals surface area (Å²) >= 11 is 0. The predicted octanol–water partition coefficient (Wildman–Crippen LogP) is 3.18. The van der Waals surface area contributed by atoms with E-state index in [2.05, 4.69) is 33.8 Å². The molecule has 0 unspecified atom stereocenters. The minimum Gasteiger partial charge on any atom is -0.338 e. The maximum Gasteiger partial charge on any atom is 0.227 e. The van der Waals surface area contributed by atoms with Crippen LogP contribution in [-0.2, 0) is 17.9 Å². The Morgan fingerprint density at radius 3 is 2.10 bits per heavy atom. The molecule has 0 aromatic heterocycles. The van der Waals surface area contributed by atoms with E-state index in [0.29, 0.717) is 13.1 Å². The molecule has 2 rings (SSSR count). The molecule has 1 aromatic rings. The molecular weight excluding hydrogens is 260 g/mol. The first-order valence-corrected chi connectivity index (χ1v) is 7.83. The minimum atomic E-state index is 0.0882. The SMILES string of the molecule is CCN(Cc1ccccc1CN)C(=O)C1C(C)(C)C1(C)C. The molecule has 1 aromatic carbocycles. The molecule has 0 radical (unpaired) electrons. The third kappa shape index (κ3) is 2.59. The van der Waals surface area contributed by atoms with Gasteiger partial charge in [-0.1, -0.05) is 52.0 Å². The molecule has 3 heteroatoms. The molecule has 1 saturated carbocycles. The number of nitrogens with two attached hydrogens (primary N) is 1. The normalized spacial score (nSPS) is 19.3. The molecule has 0 saturated heterocycles. The van der Waals surface area contributed by atoms with Crippen LogP contribution in [0.25, 0.3) is 0 Å². The monoisotopic (exact) mass is 288 g/mol. The summed E-state index contributed by atoms with van der Waals surface area (Å²) in [5.74, 6) is 0.398. The summed E-state index contributed by atoms with van der Waals surface area (Å²) in [4.78, 5) is 14.8. The highest BCUT2D eigenvalue weighted by Crippen LogP contribution is 2.68. The van der Waals surface area contributed by atoms with Crippen LogP contribution < -0.4 is 5.73 Å².